The first-order valence-corrected chi connectivity index (χ1v) is 6.11. The minimum absolute atomic E-state index is 0.881. The quantitative estimate of drug-likeness (QED) is 0.883. The molecule has 2 aromatic heterocycles. The fraction of sp³-hybridized carbons (Fsp3) is 0.364. The fourth-order valence-electron chi connectivity index (χ4n) is 1.32. The standard InChI is InChI=1S/C11H14N4S/c1-3-5-13-11-15-14-10(16-11)9-4-6-12-8(2)7-9/h4,6-7H,3,5H2,1-2H3,(H,13,15). The molecule has 16 heavy (non-hydrogen) atoms. The third-order valence-electron chi connectivity index (χ3n) is 2.09. The highest BCUT2D eigenvalue weighted by Crippen LogP contribution is 2.26. The Morgan fingerprint density at radius 1 is 1.38 bits per heavy atom. The monoisotopic (exact) mass is 234 g/mol. The van der Waals surface area contributed by atoms with Gasteiger partial charge >= 0.3 is 0 Å². The van der Waals surface area contributed by atoms with Crippen LogP contribution in [0.2, 0.25) is 0 Å². The lowest BCUT2D eigenvalue weighted by Crippen LogP contribution is -1.98. The number of anilines is 1. The molecule has 5 heteroatoms. The van der Waals surface area contributed by atoms with Gasteiger partial charge in [0.1, 0.15) is 5.01 Å². The van der Waals surface area contributed by atoms with E-state index in [1.807, 2.05) is 19.1 Å². The van der Waals surface area contributed by atoms with Crippen LogP contribution in [0, 0.1) is 6.92 Å². The lowest BCUT2D eigenvalue weighted by molar-refractivity contribution is 0.964. The minimum Gasteiger partial charge on any atom is -0.360 e. The van der Waals surface area contributed by atoms with Crippen LogP contribution < -0.4 is 5.32 Å². The van der Waals surface area contributed by atoms with Gasteiger partial charge in [-0.1, -0.05) is 18.3 Å². The number of nitrogens with zero attached hydrogens (tertiary/aromatic N) is 3. The van der Waals surface area contributed by atoms with Crippen molar-refractivity contribution in [3.8, 4) is 10.6 Å². The van der Waals surface area contributed by atoms with E-state index in [1.165, 1.54) is 0 Å². The second-order valence-electron chi connectivity index (χ2n) is 3.53. The van der Waals surface area contributed by atoms with Crippen LogP contribution in [-0.4, -0.2) is 21.7 Å². The van der Waals surface area contributed by atoms with Gasteiger partial charge in [-0.15, -0.1) is 10.2 Å². The number of rotatable bonds is 4. The van der Waals surface area contributed by atoms with Gasteiger partial charge in [-0.05, 0) is 25.5 Å². The zero-order chi connectivity index (χ0) is 11.4. The van der Waals surface area contributed by atoms with Crippen molar-refractivity contribution in [3.05, 3.63) is 24.0 Å². The smallest absolute Gasteiger partial charge is 0.206 e. The van der Waals surface area contributed by atoms with E-state index < -0.39 is 0 Å². The Labute approximate surface area is 98.8 Å². The first kappa shape index (κ1) is 11.0. The first-order chi connectivity index (χ1) is 7.79. The van der Waals surface area contributed by atoms with Crippen LogP contribution in [0.4, 0.5) is 5.13 Å². The minimum atomic E-state index is 0.881. The Hall–Kier alpha value is -1.49. The van der Waals surface area contributed by atoms with Gasteiger partial charge in [-0.25, -0.2) is 0 Å². The SMILES string of the molecule is CCCNc1nnc(-c2ccnc(C)c2)s1. The highest BCUT2D eigenvalue weighted by molar-refractivity contribution is 7.18. The van der Waals surface area contributed by atoms with E-state index in [2.05, 4.69) is 27.4 Å². The molecule has 2 aromatic rings. The van der Waals surface area contributed by atoms with Crippen molar-refractivity contribution in [1.29, 1.82) is 0 Å². The summed E-state index contributed by atoms with van der Waals surface area (Å²) in [6.45, 7) is 5.03. The number of hydrogen-bond acceptors (Lipinski definition) is 5. The fourth-order valence-corrected chi connectivity index (χ4v) is 2.09. The van der Waals surface area contributed by atoms with Crippen molar-refractivity contribution < 1.29 is 0 Å². The summed E-state index contributed by atoms with van der Waals surface area (Å²) in [5, 5.41) is 13.3. The van der Waals surface area contributed by atoms with Gasteiger partial charge in [0.15, 0.2) is 0 Å². The number of nitrogens with one attached hydrogen (secondary N) is 1. The van der Waals surface area contributed by atoms with Gasteiger partial charge in [-0.3, -0.25) is 4.98 Å². The number of pyridine rings is 1. The molecule has 0 saturated carbocycles. The van der Waals surface area contributed by atoms with E-state index in [-0.39, 0.29) is 0 Å². The van der Waals surface area contributed by atoms with E-state index in [0.717, 1.165) is 34.4 Å². The summed E-state index contributed by atoms with van der Waals surface area (Å²) in [7, 11) is 0. The van der Waals surface area contributed by atoms with Gasteiger partial charge in [0.25, 0.3) is 0 Å². The van der Waals surface area contributed by atoms with Crippen molar-refractivity contribution in [2.24, 2.45) is 0 Å². The third kappa shape index (κ3) is 2.55. The van der Waals surface area contributed by atoms with Crippen LogP contribution in [0.5, 0.6) is 0 Å². The van der Waals surface area contributed by atoms with Crippen molar-refractivity contribution in [2.45, 2.75) is 20.3 Å². The normalized spacial score (nSPS) is 10.4. The largest absolute Gasteiger partial charge is 0.360 e. The summed E-state index contributed by atoms with van der Waals surface area (Å²) in [6, 6.07) is 3.97. The van der Waals surface area contributed by atoms with Gasteiger partial charge < -0.3 is 5.32 Å². The molecule has 0 aliphatic carbocycles. The van der Waals surface area contributed by atoms with Gasteiger partial charge in [-0.2, -0.15) is 0 Å². The summed E-state index contributed by atoms with van der Waals surface area (Å²) < 4.78 is 0. The number of aromatic nitrogens is 3. The van der Waals surface area contributed by atoms with Crippen LogP contribution in [0.15, 0.2) is 18.3 Å². The van der Waals surface area contributed by atoms with Gasteiger partial charge in [0, 0.05) is 24.0 Å². The van der Waals surface area contributed by atoms with E-state index in [0.29, 0.717) is 0 Å². The summed E-state index contributed by atoms with van der Waals surface area (Å²) >= 11 is 1.57. The van der Waals surface area contributed by atoms with E-state index in [9.17, 15) is 0 Å². The molecule has 2 heterocycles. The van der Waals surface area contributed by atoms with Crippen molar-refractivity contribution in [3.63, 3.8) is 0 Å². The van der Waals surface area contributed by atoms with E-state index >= 15 is 0 Å². The van der Waals surface area contributed by atoms with Crippen molar-refractivity contribution in [1.82, 2.24) is 15.2 Å². The molecule has 0 radical (unpaired) electrons. The zero-order valence-corrected chi connectivity index (χ0v) is 10.2. The van der Waals surface area contributed by atoms with Crippen LogP contribution >= 0.6 is 11.3 Å². The van der Waals surface area contributed by atoms with Crippen molar-refractivity contribution in [2.75, 3.05) is 11.9 Å². The maximum atomic E-state index is 4.16. The molecule has 0 fully saturated rings. The Bertz CT molecular complexity index is 467. The molecule has 0 bridgehead atoms. The first-order valence-electron chi connectivity index (χ1n) is 5.30. The van der Waals surface area contributed by atoms with Gasteiger partial charge in [0.2, 0.25) is 5.13 Å². The molecule has 0 saturated heterocycles. The predicted octanol–water partition coefficient (Wildman–Crippen LogP) is 2.73. The summed E-state index contributed by atoms with van der Waals surface area (Å²) in [5.74, 6) is 0. The molecular weight excluding hydrogens is 220 g/mol. The number of aryl methyl sites for hydroxylation is 1. The lowest BCUT2D eigenvalue weighted by Gasteiger charge is -1.96. The Kier molecular flexibility index (Phi) is 3.46. The van der Waals surface area contributed by atoms with Gasteiger partial charge in [0.05, 0.1) is 0 Å². The molecule has 1 N–H and O–H groups in total. The topological polar surface area (TPSA) is 50.7 Å². The molecule has 4 nitrogen and oxygen atoms in total. The van der Waals surface area contributed by atoms with E-state index in [1.54, 1.807) is 17.5 Å². The van der Waals surface area contributed by atoms with Crippen molar-refractivity contribution >= 4 is 16.5 Å². The summed E-state index contributed by atoms with van der Waals surface area (Å²) in [5.41, 5.74) is 2.07. The molecule has 0 aliphatic heterocycles. The maximum Gasteiger partial charge on any atom is 0.206 e. The second kappa shape index (κ2) is 5.03. The Morgan fingerprint density at radius 3 is 3.00 bits per heavy atom. The lowest BCUT2D eigenvalue weighted by atomic mass is 10.2. The Balaban J connectivity index is 2.18. The zero-order valence-electron chi connectivity index (χ0n) is 9.40. The molecule has 84 valence electrons. The number of hydrogen-bond donors (Lipinski definition) is 1. The van der Waals surface area contributed by atoms with Crippen LogP contribution in [0.25, 0.3) is 10.6 Å². The van der Waals surface area contributed by atoms with Crippen LogP contribution in [0.3, 0.4) is 0 Å². The molecule has 0 unspecified atom stereocenters. The average molecular weight is 234 g/mol. The predicted molar refractivity (Wildman–Crippen MR) is 66.7 cm³/mol. The summed E-state index contributed by atoms with van der Waals surface area (Å²) in [4.78, 5) is 4.16. The van der Waals surface area contributed by atoms with Crippen LogP contribution in [0.1, 0.15) is 19.0 Å². The van der Waals surface area contributed by atoms with E-state index in [4.69, 9.17) is 0 Å². The van der Waals surface area contributed by atoms with Crippen LogP contribution in [-0.2, 0) is 0 Å². The molecular formula is C11H14N4S. The molecule has 0 aromatic carbocycles. The Morgan fingerprint density at radius 2 is 2.25 bits per heavy atom. The molecule has 2 rings (SSSR count). The molecule has 0 amide bonds. The molecule has 0 spiro atoms. The average Bonchev–Trinajstić information content (AvgIpc) is 2.75. The molecule has 0 atom stereocenters. The molecule has 0 aliphatic rings. The summed E-state index contributed by atoms with van der Waals surface area (Å²) in [6.07, 6.45) is 2.88. The second-order valence-corrected chi connectivity index (χ2v) is 4.50. The highest BCUT2D eigenvalue weighted by Gasteiger charge is 2.05. The highest BCUT2D eigenvalue weighted by atomic mass is 32.1. The maximum absolute atomic E-state index is 4.16. The third-order valence-corrected chi connectivity index (χ3v) is 3.02.